The fraction of sp³-hybridized carbons (Fsp3) is 0.667. The Morgan fingerprint density at radius 2 is 1.82 bits per heavy atom. The van der Waals surface area contributed by atoms with Gasteiger partial charge in [-0.3, -0.25) is 0 Å². The summed E-state index contributed by atoms with van der Waals surface area (Å²) in [7, 11) is 0. The van der Waals surface area contributed by atoms with E-state index in [0.717, 1.165) is 55.2 Å². The van der Waals surface area contributed by atoms with Gasteiger partial charge >= 0.3 is 5.97 Å². The number of carbonyl (C=O) groups is 1. The quantitative estimate of drug-likeness (QED) is 0.224. The molecule has 0 fully saturated rings. The topological polar surface area (TPSA) is 96.2 Å². The lowest BCUT2D eigenvalue weighted by molar-refractivity contribution is -0.138. The van der Waals surface area contributed by atoms with Crippen LogP contribution < -0.4 is 0 Å². The zero-order valence-corrected chi connectivity index (χ0v) is 24.5. The second-order valence-corrected chi connectivity index (χ2v) is 12.8. The molecule has 0 radical (unpaired) electrons. The first-order valence-corrected chi connectivity index (χ1v) is 14.8. The maximum absolute atomic E-state index is 12.2. The van der Waals surface area contributed by atoms with Crippen molar-refractivity contribution in [2.75, 3.05) is 0 Å². The van der Waals surface area contributed by atoms with Gasteiger partial charge in [0.1, 0.15) is 11.6 Å². The van der Waals surface area contributed by atoms with Crippen LogP contribution >= 0.6 is 0 Å². The number of esters is 1. The van der Waals surface area contributed by atoms with E-state index < -0.39 is 17.7 Å². The van der Waals surface area contributed by atoms with Crippen LogP contribution in [0.2, 0.25) is 0 Å². The number of aliphatic hydroxyl groups excluding tert-OH is 2. The van der Waals surface area contributed by atoms with Gasteiger partial charge in [-0.05, 0) is 121 Å². The molecule has 0 aromatic carbocycles. The fourth-order valence-corrected chi connectivity index (χ4v) is 7.53. The molecule has 6 heteroatoms. The summed E-state index contributed by atoms with van der Waals surface area (Å²) in [5.74, 6) is -0.267. The number of hydrogen-bond donors (Lipinski definition) is 2. The van der Waals surface area contributed by atoms with Crippen molar-refractivity contribution < 1.29 is 19.7 Å². The number of nitrogens with zero attached hydrogens (tertiary/aromatic N) is 1. The number of hydrogen-bond acceptors (Lipinski definition) is 6. The number of carbonyl (C=O) groups excluding carboxylic acids is 1. The summed E-state index contributed by atoms with van der Waals surface area (Å²) in [5, 5.41) is 25.5. The molecule has 4 rings (SSSR count). The lowest BCUT2D eigenvalue weighted by Gasteiger charge is -2.49. The molecule has 6 nitrogen and oxygen atoms in total. The summed E-state index contributed by atoms with van der Waals surface area (Å²) >= 11 is 0. The molecule has 7 atom stereocenters. The van der Waals surface area contributed by atoms with Gasteiger partial charge in [0, 0.05) is 16.9 Å². The Kier molecular flexibility index (Phi) is 8.87. The molecule has 1 spiro atoms. The third-order valence-corrected chi connectivity index (χ3v) is 10.3. The van der Waals surface area contributed by atoms with Gasteiger partial charge in [0.05, 0.1) is 12.2 Å². The SMILES string of the molecule is C=C1[C@H](C)C[C@@H](O)CC[C@H](O)/C(C)=C/[C@H]2C(C)=C([C@@H]3C=C(C)C(=O)O3)CC[C@@]23CCCC=C3CC[C@@]1(C)N=O. The molecule has 214 valence electrons. The number of rotatable bonds is 2. The van der Waals surface area contributed by atoms with Crippen molar-refractivity contribution in [2.24, 2.45) is 22.4 Å². The molecular weight excluding hydrogens is 490 g/mol. The van der Waals surface area contributed by atoms with E-state index in [9.17, 15) is 19.9 Å². The molecular formula is C33H47NO5. The van der Waals surface area contributed by atoms with E-state index in [1.807, 2.05) is 26.8 Å². The van der Waals surface area contributed by atoms with Crippen LogP contribution in [0.5, 0.6) is 0 Å². The van der Waals surface area contributed by atoms with Crippen LogP contribution in [0.25, 0.3) is 0 Å². The molecule has 1 aliphatic heterocycles. The van der Waals surface area contributed by atoms with Gasteiger partial charge in [0.25, 0.3) is 0 Å². The molecule has 0 aromatic heterocycles. The van der Waals surface area contributed by atoms with Crippen LogP contribution in [0.4, 0.5) is 0 Å². The first-order valence-electron chi connectivity index (χ1n) is 14.8. The minimum atomic E-state index is -0.912. The molecule has 1 heterocycles. The van der Waals surface area contributed by atoms with Gasteiger partial charge in [-0.1, -0.05) is 42.0 Å². The molecule has 39 heavy (non-hydrogen) atoms. The van der Waals surface area contributed by atoms with Crippen molar-refractivity contribution in [1.29, 1.82) is 0 Å². The Balaban J connectivity index is 1.81. The molecule has 0 unspecified atom stereocenters. The highest BCUT2D eigenvalue weighted by molar-refractivity contribution is 5.90. The third kappa shape index (κ3) is 5.78. The maximum atomic E-state index is 12.2. The highest BCUT2D eigenvalue weighted by atomic mass is 16.5. The van der Waals surface area contributed by atoms with Gasteiger partial charge < -0.3 is 14.9 Å². The summed E-state index contributed by atoms with van der Waals surface area (Å²) in [4.78, 5) is 24.5. The predicted octanol–water partition coefficient (Wildman–Crippen LogP) is 7.03. The standard InChI is InChI=1S/C33H47NO5/c1-20-17-26(35)10-11-29(36)21(2)18-28-23(4)27(30-19-22(3)31(37)39-30)13-16-33(28)14-8-7-9-25(33)12-15-32(6,34-38)24(20)5/h9,18-20,26,28-30,35-36H,5,7-8,10-17H2,1-4,6H3/b21-18+/t20-,26+,28+,29+,30+,32-,33-/m1/s1. The average Bonchev–Trinajstić information content (AvgIpc) is 3.25. The van der Waals surface area contributed by atoms with E-state index in [-0.39, 0.29) is 29.3 Å². The fourth-order valence-electron chi connectivity index (χ4n) is 7.53. The highest BCUT2D eigenvalue weighted by Crippen LogP contribution is 2.57. The molecule has 3 aliphatic carbocycles. The Morgan fingerprint density at radius 1 is 1.08 bits per heavy atom. The molecule has 0 aromatic rings. The van der Waals surface area contributed by atoms with Gasteiger partial charge in [0.15, 0.2) is 0 Å². The van der Waals surface area contributed by atoms with E-state index >= 15 is 0 Å². The molecule has 2 N–H and O–H groups in total. The number of nitroso groups, excluding NO2 is 1. The lowest BCUT2D eigenvalue weighted by atomic mass is 9.55. The van der Waals surface area contributed by atoms with Crippen molar-refractivity contribution in [3.8, 4) is 0 Å². The van der Waals surface area contributed by atoms with Crippen LogP contribution in [-0.2, 0) is 9.53 Å². The molecule has 4 aliphatic rings. The molecule has 0 bridgehead atoms. The summed E-state index contributed by atoms with van der Waals surface area (Å²) in [6, 6.07) is 0. The van der Waals surface area contributed by atoms with E-state index in [4.69, 9.17) is 4.74 Å². The molecule has 0 saturated heterocycles. The number of aliphatic hydroxyl groups is 2. The van der Waals surface area contributed by atoms with Crippen LogP contribution in [0.15, 0.2) is 63.4 Å². The summed E-state index contributed by atoms with van der Waals surface area (Å²) < 4.78 is 5.74. The molecule has 0 saturated carbocycles. The average molecular weight is 538 g/mol. The Hall–Kier alpha value is -2.31. The van der Waals surface area contributed by atoms with Crippen molar-refractivity contribution >= 4 is 5.97 Å². The number of ether oxygens (including phenoxy) is 1. The van der Waals surface area contributed by atoms with Gasteiger partial charge in [-0.15, -0.1) is 4.91 Å². The van der Waals surface area contributed by atoms with E-state index in [0.29, 0.717) is 31.3 Å². The van der Waals surface area contributed by atoms with E-state index in [1.54, 1.807) is 6.92 Å². The first kappa shape index (κ1) is 29.7. The van der Waals surface area contributed by atoms with Gasteiger partial charge in [0.2, 0.25) is 0 Å². The zero-order chi connectivity index (χ0) is 28.5. The van der Waals surface area contributed by atoms with Gasteiger partial charge in [-0.2, -0.15) is 0 Å². The van der Waals surface area contributed by atoms with Crippen LogP contribution in [-0.4, -0.2) is 40.0 Å². The normalized spacial score (nSPS) is 40.2. The van der Waals surface area contributed by atoms with Crippen molar-refractivity contribution in [2.45, 2.75) is 123 Å². The van der Waals surface area contributed by atoms with E-state index in [2.05, 4.69) is 30.8 Å². The second kappa shape index (κ2) is 11.7. The summed E-state index contributed by atoms with van der Waals surface area (Å²) in [6.45, 7) is 14.1. The van der Waals surface area contributed by atoms with E-state index in [1.165, 1.54) is 11.1 Å². The summed E-state index contributed by atoms with van der Waals surface area (Å²) in [5.41, 5.74) is 5.05. The van der Waals surface area contributed by atoms with Crippen molar-refractivity contribution in [1.82, 2.24) is 0 Å². The highest BCUT2D eigenvalue weighted by Gasteiger charge is 2.47. The molecule has 0 amide bonds. The number of cyclic esters (lactones) is 1. The zero-order valence-electron chi connectivity index (χ0n) is 24.5. The predicted molar refractivity (Wildman–Crippen MR) is 155 cm³/mol. The minimum absolute atomic E-state index is 0.0445. The van der Waals surface area contributed by atoms with Gasteiger partial charge in [-0.25, -0.2) is 4.79 Å². The minimum Gasteiger partial charge on any atom is -0.450 e. The second-order valence-electron chi connectivity index (χ2n) is 12.8. The lowest BCUT2D eigenvalue weighted by Crippen LogP contribution is -2.40. The van der Waals surface area contributed by atoms with Crippen molar-refractivity contribution in [3.05, 3.63) is 63.2 Å². The smallest absolute Gasteiger partial charge is 0.334 e. The summed E-state index contributed by atoms with van der Waals surface area (Å²) in [6.07, 6.45) is 12.7. The van der Waals surface area contributed by atoms with Crippen molar-refractivity contribution in [3.63, 3.8) is 0 Å². The van der Waals surface area contributed by atoms with Crippen LogP contribution in [0.1, 0.15) is 98.8 Å². The largest absolute Gasteiger partial charge is 0.450 e. The number of allylic oxidation sites excluding steroid dienone is 4. The van der Waals surface area contributed by atoms with Crippen LogP contribution in [0.3, 0.4) is 0 Å². The first-order chi connectivity index (χ1) is 18.4. The maximum Gasteiger partial charge on any atom is 0.334 e. The van der Waals surface area contributed by atoms with Crippen LogP contribution in [0, 0.1) is 22.2 Å². The Morgan fingerprint density at radius 3 is 2.49 bits per heavy atom. The monoisotopic (exact) mass is 537 g/mol. The Bertz CT molecular complexity index is 1130. The third-order valence-electron chi connectivity index (χ3n) is 10.3. The Labute approximate surface area is 234 Å².